The van der Waals surface area contributed by atoms with Crippen LogP contribution in [0.4, 0.5) is 0 Å². The highest BCUT2D eigenvalue weighted by Gasteiger charge is 2.20. The van der Waals surface area contributed by atoms with Crippen LogP contribution in [0.1, 0.15) is 38.3 Å². The zero-order valence-electron chi connectivity index (χ0n) is 12.7. The van der Waals surface area contributed by atoms with Crippen molar-refractivity contribution >= 4 is 11.0 Å². The molecular formula is C16H23N3O. The van der Waals surface area contributed by atoms with Crippen LogP contribution in [0.25, 0.3) is 11.0 Å². The molecule has 0 saturated heterocycles. The Morgan fingerprint density at radius 1 is 1.25 bits per heavy atom. The Morgan fingerprint density at radius 3 is 2.70 bits per heavy atom. The maximum absolute atomic E-state index is 5.50. The number of ether oxygens (including phenoxy) is 1. The van der Waals surface area contributed by atoms with Gasteiger partial charge in [-0.05, 0) is 45.4 Å². The van der Waals surface area contributed by atoms with Crippen LogP contribution in [0.2, 0.25) is 0 Å². The summed E-state index contributed by atoms with van der Waals surface area (Å²) in [6.45, 7) is 4.23. The molecule has 20 heavy (non-hydrogen) atoms. The summed E-state index contributed by atoms with van der Waals surface area (Å²) in [5, 5.41) is 3.38. The average Bonchev–Trinajstić information content (AvgIpc) is 2.48. The summed E-state index contributed by atoms with van der Waals surface area (Å²) in [5.41, 5.74) is 3.01. The van der Waals surface area contributed by atoms with Gasteiger partial charge in [-0.3, -0.25) is 9.97 Å². The summed E-state index contributed by atoms with van der Waals surface area (Å²) in [7, 11) is 3.75. The highest BCUT2D eigenvalue weighted by Crippen LogP contribution is 2.27. The van der Waals surface area contributed by atoms with Gasteiger partial charge in [0.25, 0.3) is 0 Å². The van der Waals surface area contributed by atoms with E-state index in [2.05, 4.69) is 35.2 Å². The first-order chi connectivity index (χ1) is 9.57. The minimum atomic E-state index is -0.106. The molecule has 4 heteroatoms. The summed E-state index contributed by atoms with van der Waals surface area (Å²) >= 11 is 0. The monoisotopic (exact) mass is 273 g/mol. The van der Waals surface area contributed by atoms with Crippen molar-refractivity contribution in [2.75, 3.05) is 14.2 Å². The number of benzene rings is 1. The topological polar surface area (TPSA) is 47.0 Å². The van der Waals surface area contributed by atoms with Crippen molar-refractivity contribution in [2.45, 2.75) is 38.3 Å². The fraction of sp³-hybridized carbons (Fsp3) is 0.500. The second-order valence-electron chi connectivity index (χ2n) is 5.62. The molecule has 0 spiro atoms. The van der Waals surface area contributed by atoms with E-state index in [1.165, 1.54) is 5.56 Å². The van der Waals surface area contributed by atoms with Gasteiger partial charge in [-0.25, -0.2) is 0 Å². The van der Waals surface area contributed by atoms with E-state index in [1.807, 2.05) is 19.2 Å². The zero-order chi connectivity index (χ0) is 14.6. The third kappa shape index (κ3) is 3.32. The Morgan fingerprint density at radius 2 is 2.00 bits per heavy atom. The number of nitrogens with zero attached hydrogens (tertiary/aromatic N) is 2. The quantitative estimate of drug-likeness (QED) is 0.878. The van der Waals surface area contributed by atoms with Gasteiger partial charge in [0.2, 0.25) is 0 Å². The van der Waals surface area contributed by atoms with Crippen LogP contribution in [0, 0.1) is 0 Å². The molecular weight excluding hydrogens is 250 g/mol. The Bertz CT molecular complexity index is 563. The molecule has 0 amide bonds. The molecule has 2 aromatic rings. The number of methoxy groups -OCH3 is 1. The van der Waals surface area contributed by atoms with Gasteiger partial charge in [0.05, 0.1) is 16.6 Å². The molecule has 0 radical (unpaired) electrons. The minimum Gasteiger partial charge on any atom is -0.379 e. The standard InChI is InChI=1S/C16H23N3O/c1-16(2,20-4)9-8-13(17-3)12-6-5-7-14-15(12)19-11-10-18-14/h5-7,10-11,13,17H,8-9H2,1-4H3. The number of nitrogens with one attached hydrogen (secondary N) is 1. The first kappa shape index (κ1) is 14.9. The number of aromatic nitrogens is 2. The van der Waals surface area contributed by atoms with Crippen molar-refractivity contribution in [1.29, 1.82) is 0 Å². The van der Waals surface area contributed by atoms with Gasteiger partial charge in [-0.15, -0.1) is 0 Å². The van der Waals surface area contributed by atoms with E-state index in [1.54, 1.807) is 19.5 Å². The summed E-state index contributed by atoms with van der Waals surface area (Å²) < 4.78 is 5.50. The number of rotatable bonds is 6. The molecule has 0 bridgehead atoms. The average molecular weight is 273 g/mol. The number of para-hydroxylation sites is 1. The summed E-state index contributed by atoms with van der Waals surface area (Å²) in [5.74, 6) is 0. The summed E-state index contributed by atoms with van der Waals surface area (Å²) in [6.07, 6.45) is 5.45. The lowest BCUT2D eigenvalue weighted by Gasteiger charge is -2.26. The predicted octanol–water partition coefficient (Wildman–Crippen LogP) is 3.10. The Hall–Kier alpha value is -1.52. The van der Waals surface area contributed by atoms with E-state index in [-0.39, 0.29) is 11.6 Å². The maximum Gasteiger partial charge on any atom is 0.0934 e. The van der Waals surface area contributed by atoms with Crippen LogP contribution in [0.3, 0.4) is 0 Å². The SMILES string of the molecule is CNC(CCC(C)(C)OC)c1cccc2nccnc12. The predicted molar refractivity (Wildman–Crippen MR) is 81.7 cm³/mol. The second kappa shape index (κ2) is 6.29. The minimum absolute atomic E-state index is 0.106. The van der Waals surface area contributed by atoms with Crippen molar-refractivity contribution in [3.8, 4) is 0 Å². The Labute approximate surface area is 120 Å². The second-order valence-corrected chi connectivity index (χ2v) is 5.62. The molecule has 2 rings (SSSR count). The zero-order valence-corrected chi connectivity index (χ0v) is 12.7. The summed E-state index contributed by atoms with van der Waals surface area (Å²) in [4.78, 5) is 8.85. The van der Waals surface area contributed by atoms with Crippen molar-refractivity contribution in [2.24, 2.45) is 0 Å². The molecule has 1 aromatic heterocycles. The molecule has 0 aliphatic carbocycles. The van der Waals surface area contributed by atoms with Crippen LogP contribution in [-0.2, 0) is 4.74 Å². The molecule has 1 atom stereocenters. The van der Waals surface area contributed by atoms with Gasteiger partial charge >= 0.3 is 0 Å². The van der Waals surface area contributed by atoms with Crippen molar-refractivity contribution in [3.63, 3.8) is 0 Å². The Balaban J connectivity index is 2.26. The highest BCUT2D eigenvalue weighted by molar-refractivity contribution is 5.78. The lowest BCUT2D eigenvalue weighted by atomic mass is 9.94. The molecule has 4 nitrogen and oxygen atoms in total. The van der Waals surface area contributed by atoms with Gasteiger partial charge in [0.1, 0.15) is 0 Å². The normalized spacial score (nSPS) is 13.6. The largest absolute Gasteiger partial charge is 0.379 e. The highest BCUT2D eigenvalue weighted by atomic mass is 16.5. The molecule has 108 valence electrons. The maximum atomic E-state index is 5.50. The Kier molecular flexibility index (Phi) is 4.68. The van der Waals surface area contributed by atoms with Crippen LogP contribution < -0.4 is 5.32 Å². The fourth-order valence-electron chi connectivity index (χ4n) is 2.35. The van der Waals surface area contributed by atoms with Crippen LogP contribution in [-0.4, -0.2) is 29.7 Å². The van der Waals surface area contributed by atoms with E-state index in [9.17, 15) is 0 Å². The lowest BCUT2D eigenvalue weighted by molar-refractivity contribution is 0.0118. The number of hydrogen-bond donors (Lipinski definition) is 1. The van der Waals surface area contributed by atoms with Gasteiger partial charge in [-0.1, -0.05) is 12.1 Å². The third-order valence-electron chi connectivity index (χ3n) is 3.84. The number of hydrogen-bond acceptors (Lipinski definition) is 4. The van der Waals surface area contributed by atoms with E-state index in [0.717, 1.165) is 23.9 Å². The summed E-state index contributed by atoms with van der Waals surface area (Å²) in [6, 6.07) is 6.41. The molecule has 0 fully saturated rings. The molecule has 1 N–H and O–H groups in total. The molecule has 1 heterocycles. The lowest BCUT2D eigenvalue weighted by Crippen LogP contribution is -2.26. The number of fused-ring (bicyclic) bond motifs is 1. The van der Waals surface area contributed by atoms with Gasteiger partial charge in [0, 0.05) is 25.5 Å². The van der Waals surface area contributed by atoms with Gasteiger partial charge in [0.15, 0.2) is 0 Å². The van der Waals surface area contributed by atoms with E-state index in [4.69, 9.17) is 4.74 Å². The van der Waals surface area contributed by atoms with Crippen molar-refractivity contribution in [1.82, 2.24) is 15.3 Å². The van der Waals surface area contributed by atoms with Crippen LogP contribution in [0.5, 0.6) is 0 Å². The first-order valence-electron chi connectivity index (χ1n) is 6.99. The van der Waals surface area contributed by atoms with Crippen molar-refractivity contribution < 1.29 is 4.74 Å². The van der Waals surface area contributed by atoms with Crippen LogP contribution in [0.15, 0.2) is 30.6 Å². The van der Waals surface area contributed by atoms with Gasteiger partial charge in [-0.2, -0.15) is 0 Å². The van der Waals surface area contributed by atoms with Gasteiger partial charge < -0.3 is 10.1 Å². The fourth-order valence-corrected chi connectivity index (χ4v) is 2.35. The molecule has 0 saturated carbocycles. The van der Waals surface area contributed by atoms with E-state index in [0.29, 0.717) is 0 Å². The van der Waals surface area contributed by atoms with Crippen molar-refractivity contribution in [3.05, 3.63) is 36.2 Å². The smallest absolute Gasteiger partial charge is 0.0934 e. The molecule has 0 aliphatic rings. The first-order valence-corrected chi connectivity index (χ1v) is 6.99. The van der Waals surface area contributed by atoms with Crippen LogP contribution >= 0.6 is 0 Å². The molecule has 1 aromatic carbocycles. The molecule has 0 aliphatic heterocycles. The van der Waals surface area contributed by atoms with E-state index < -0.39 is 0 Å². The molecule has 1 unspecified atom stereocenters. The van der Waals surface area contributed by atoms with E-state index >= 15 is 0 Å². The third-order valence-corrected chi connectivity index (χ3v) is 3.84.